The van der Waals surface area contributed by atoms with Crippen molar-refractivity contribution >= 4 is 17.1 Å². The van der Waals surface area contributed by atoms with Gasteiger partial charge in [0, 0.05) is 29.5 Å². The van der Waals surface area contributed by atoms with E-state index in [-0.39, 0.29) is 11.7 Å². The van der Waals surface area contributed by atoms with Crippen LogP contribution in [0.15, 0.2) is 18.2 Å². The maximum Gasteiger partial charge on any atom is 0.273 e. The van der Waals surface area contributed by atoms with Crippen molar-refractivity contribution in [2.75, 3.05) is 30.7 Å². The SMILES string of the molecule is CCN(CC)CCCC(C)Nc1cc(N)cc([N+](=O)[O-])c1. The van der Waals surface area contributed by atoms with Crippen molar-refractivity contribution in [3.8, 4) is 0 Å². The maximum atomic E-state index is 10.8. The standard InChI is InChI=1S/C15H26N4O2/c1-4-18(5-2)8-6-7-12(3)17-14-9-13(16)10-15(11-14)19(20)21/h9-12,17H,4-8,16H2,1-3H3. The molecule has 0 saturated carbocycles. The Balaban J connectivity index is 2.51. The maximum absolute atomic E-state index is 10.8. The van der Waals surface area contributed by atoms with Crippen LogP contribution in [0.4, 0.5) is 17.1 Å². The number of anilines is 2. The molecule has 0 amide bonds. The molecule has 1 rings (SSSR count). The molecular weight excluding hydrogens is 268 g/mol. The summed E-state index contributed by atoms with van der Waals surface area (Å²) < 4.78 is 0. The highest BCUT2D eigenvalue weighted by molar-refractivity contribution is 5.61. The number of nitro benzene ring substituents is 1. The van der Waals surface area contributed by atoms with Gasteiger partial charge in [-0.25, -0.2) is 0 Å². The van der Waals surface area contributed by atoms with Gasteiger partial charge in [-0.2, -0.15) is 0 Å². The Hall–Kier alpha value is -1.82. The molecule has 1 aromatic rings. The number of nitrogen functional groups attached to an aromatic ring is 1. The van der Waals surface area contributed by atoms with Gasteiger partial charge in [0.2, 0.25) is 0 Å². The van der Waals surface area contributed by atoms with E-state index in [9.17, 15) is 10.1 Å². The van der Waals surface area contributed by atoms with E-state index in [0.29, 0.717) is 11.4 Å². The summed E-state index contributed by atoms with van der Waals surface area (Å²) in [6.07, 6.45) is 2.11. The van der Waals surface area contributed by atoms with Crippen LogP contribution in [-0.4, -0.2) is 35.5 Å². The molecule has 21 heavy (non-hydrogen) atoms. The molecule has 3 N–H and O–H groups in total. The highest BCUT2D eigenvalue weighted by atomic mass is 16.6. The van der Waals surface area contributed by atoms with Gasteiger partial charge >= 0.3 is 0 Å². The van der Waals surface area contributed by atoms with Gasteiger partial charge in [-0.15, -0.1) is 0 Å². The molecule has 1 aromatic carbocycles. The fourth-order valence-corrected chi connectivity index (χ4v) is 2.34. The summed E-state index contributed by atoms with van der Waals surface area (Å²) in [5.41, 5.74) is 6.83. The van der Waals surface area contributed by atoms with E-state index in [1.165, 1.54) is 12.1 Å². The lowest BCUT2D eigenvalue weighted by Gasteiger charge is -2.20. The number of hydrogen-bond donors (Lipinski definition) is 2. The fourth-order valence-electron chi connectivity index (χ4n) is 2.34. The lowest BCUT2D eigenvalue weighted by Crippen LogP contribution is -2.25. The largest absolute Gasteiger partial charge is 0.398 e. The molecule has 0 spiro atoms. The lowest BCUT2D eigenvalue weighted by molar-refractivity contribution is -0.384. The van der Waals surface area contributed by atoms with Crippen LogP contribution in [0.3, 0.4) is 0 Å². The number of nitro groups is 1. The van der Waals surface area contributed by atoms with Crippen molar-refractivity contribution in [3.63, 3.8) is 0 Å². The molecule has 0 aliphatic carbocycles. The highest BCUT2D eigenvalue weighted by Gasteiger charge is 2.10. The minimum absolute atomic E-state index is 0.0211. The first kappa shape index (κ1) is 17.2. The van der Waals surface area contributed by atoms with E-state index in [4.69, 9.17) is 5.73 Å². The molecule has 0 aromatic heterocycles. The second kappa shape index (κ2) is 8.46. The second-order valence-corrected chi connectivity index (χ2v) is 5.28. The molecule has 0 bridgehead atoms. The van der Waals surface area contributed by atoms with Gasteiger partial charge in [0.1, 0.15) is 0 Å². The van der Waals surface area contributed by atoms with Gasteiger partial charge in [0.15, 0.2) is 0 Å². The Bertz CT molecular complexity index is 461. The predicted octanol–water partition coefficient (Wildman–Crippen LogP) is 3.10. The highest BCUT2D eigenvalue weighted by Crippen LogP contribution is 2.23. The van der Waals surface area contributed by atoms with Gasteiger partial charge in [-0.1, -0.05) is 13.8 Å². The number of nitrogens with one attached hydrogen (secondary N) is 1. The number of nitrogens with zero attached hydrogens (tertiary/aromatic N) is 2. The minimum Gasteiger partial charge on any atom is -0.398 e. The summed E-state index contributed by atoms with van der Waals surface area (Å²) in [5.74, 6) is 0. The average Bonchev–Trinajstić information content (AvgIpc) is 2.43. The summed E-state index contributed by atoms with van der Waals surface area (Å²) in [7, 11) is 0. The molecule has 6 heteroatoms. The molecule has 118 valence electrons. The van der Waals surface area contributed by atoms with Crippen molar-refractivity contribution in [2.24, 2.45) is 0 Å². The third-order valence-corrected chi connectivity index (χ3v) is 3.57. The van der Waals surface area contributed by atoms with Crippen molar-refractivity contribution in [2.45, 2.75) is 39.7 Å². The molecule has 0 aliphatic heterocycles. The molecule has 0 heterocycles. The van der Waals surface area contributed by atoms with Crippen LogP contribution in [-0.2, 0) is 0 Å². The van der Waals surface area contributed by atoms with Gasteiger partial charge in [-0.3, -0.25) is 10.1 Å². The van der Waals surface area contributed by atoms with Crippen molar-refractivity contribution in [3.05, 3.63) is 28.3 Å². The average molecular weight is 294 g/mol. The smallest absolute Gasteiger partial charge is 0.273 e. The Morgan fingerprint density at radius 2 is 2.00 bits per heavy atom. The summed E-state index contributed by atoms with van der Waals surface area (Å²) >= 11 is 0. The normalized spacial score (nSPS) is 12.4. The number of benzene rings is 1. The third kappa shape index (κ3) is 5.99. The first-order valence-corrected chi connectivity index (χ1v) is 7.50. The molecule has 0 saturated heterocycles. The summed E-state index contributed by atoms with van der Waals surface area (Å²) in [6, 6.07) is 4.88. The van der Waals surface area contributed by atoms with Crippen LogP contribution in [0.2, 0.25) is 0 Å². The lowest BCUT2D eigenvalue weighted by atomic mass is 10.1. The Morgan fingerprint density at radius 1 is 1.33 bits per heavy atom. The van der Waals surface area contributed by atoms with E-state index in [1.54, 1.807) is 6.07 Å². The number of hydrogen-bond acceptors (Lipinski definition) is 5. The zero-order valence-electron chi connectivity index (χ0n) is 13.1. The zero-order valence-corrected chi connectivity index (χ0v) is 13.1. The Morgan fingerprint density at radius 3 is 2.57 bits per heavy atom. The molecular formula is C15H26N4O2. The monoisotopic (exact) mass is 294 g/mol. The Labute approximate surface area is 126 Å². The molecule has 6 nitrogen and oxygen atoms in total. The van der Waals surface area contributed by atoms with E-state index >= 15 is 0 Å². The topological polar surface area (TPSA) is 84.4 Å². The van der Waals surface area contributed by atoms with Crippen LogP contribution in [0.25, 0.3) is 0 Å². The van der Waals surface area contributed by atoms with Crippen molar-refractivity contribution < 1.29 is 4.92 Å². The van der Waals surface area contributed by atoms with Gasteiger partial charge < -0.3 is 16.0 Å². The Kier molecular flexibility index (Phi) is 6.94. The quantitative estimate of drug-likeness (QED) is 0.415. The number of nitrogens with two attached hydrogens (primary N) is 1. The van der Waals surface area contributed by atoms with E-state index < -0.39 is 4.92 Å². The third-order valence-electron chi connectivity index (χ3n) is 3.57. The molecule has 0 fully saturated rings. The predicted molar refractivity (Wildman–Crippen MR) is 87.6 cm³/mol. The first-order valence-electron chi connectivity index (χ1n) is 7.50. The van der Waals surface area contributed by atoms with Gasteiger partial charge in [-0.05, 0) is 45.5 Å². The number of non-ortho nitro benzene ring substituents is 1. The van der Waals surface area contributed by atoms with Gasteiger partial charge in [0.05, 0.1) is 4.92 Å². The molecule has 0 aliphatic rings. The molecule has 0 radical (unpaired) electrons. The minimum atomic E-state index is -0.424. The van der Waals surface area contributed by atoms with E-state index in [2.05, 4.69) is 31.0 Å². The van der Waals surface area contributed by atoms with Crippen molar-refractivity contribution in [1.29, 1.82) is 0 Å². The molecule has 1 unspecified atom stereocenters. The van der Waals surface area contributed by atoms with Crippen LogP contribution < -0.4 is 11.1 Å². The molecule has 1 atom stereocenters. The summed E-state index contributed by atoms with van der Waals surface area (Å²) in [4.78, 5) is 12.8. The van der Waals surface area contributed by atoms with Gasteiger partial charge in [0.25, 0.3) is 5.69 Å². The van der Waals surface area contributed by atoms with Crippen LogP contribution in [0.5, 0.6) is 0 Å². The van der Waals surface area contributed by atoms with Crippen LogP contribution in [0.1, 0.15) is 33.6 Å². The van der Waals surface area contributed by atoms with E-state index in [0.717, 1.165) is 32.5 Å². The number of rotatable bonds is 9. The van der Waals surface area contributed by atoms with Crippen molar-refractivity contribution in [1.82, 2.24) is 4.90 Å². The van der Waals surface area contributed by atoms with E-state index in [1.807, 2.05) is 0 Å². The first-order chi connectivity index (χ1) is 9.96. The summed E-state index contributed by atoms with van der Waals surface area (Å²) in [6.45, 7) is 9.63. The van der Waals surface area contributed by atoms with Crippen LogP contribution >= 0.6 is 0 Å². The zero-order chi connectivity index (χ0) is 15.8. The summed E-state index contributed by atoms with van der Waals surface area (Å²) in [5, 5.41) is 14.1. The fraction of sp³-hybridized carbons (Fsp3) is 0.600. The van der Waals surface area contributed by atoms with Crippen LogP contribution in [0, 0.1) is 10.1 Å². The second-order valence-electron chi connectivity index (χ2n) is 5.28.